The Bertz CT molecular complexity index is 225. The number of rotatable bonds is 2. The van der Waals surface area contributed by atoms with Gasteiger partial charge in [-0.15, -0.1) is 0 Å². The molecule has 0 amide bonds. The largest absolute Gasteiger partial charge is 0.324 e. The molecule has 1 fully saturated rings. The molecule has 2 N–H and O–H groups in total. The normalized spacial score (nSPS) is 38.1. The third kappa shape index (κ3) is 3.32. The average Bonchev–Trinajstić information content (AvgIpc) is 2.48. The molecule has 2 rings (SSSR count). The predicted octanol–water partition coefficient (Wildman–Crippen LogP) is 2.01. The van der Waals surface area contributed by atoms with E-state index in [1.165, 1.54) is 38.9 Å². The third-order valence-corrected chi connectivity index (χ3v) is 3.81. The molecule has 1 aliphatic heterocycles. The molecule has 3 unspecified atom stereocenters. The molecule has 15 heavy (non-hydrogen) atoms. The molecule has 0 saturated carbocycles. The van der Waals surface area contributed by atoms with Crippen molar-refractivity contribution in [2.75, 3.05) is 19.6 Å². The Morgan fingerprint density at radius 1 is 1.27 bits per heavy atom. The number of hydrogen-bond acceptors (Lipinski definition) is 2. The highest BCUT2D eigenvalue weighted by molar-refractivity contribution is 5.05. The van der Waals surface area contributed by atoms with Crippen LogP contribution >= 0.6 is 0 Å². The second-order valence-corrected chi connectivity index (χ2v) is 5.38. The first-order valence-corrected chi connectivity index (χ1v) is 6.40. The van der Waals surface area contributed by atoms with E-state index in [1.807, 2.05) is 0 Å². The van der Waals surface area contributed by atoms with Crippen molar-refractivity contribution < 1.29 is 0 Å². The third-order valence-electron chi connectivity index (χ3n) is 3.81. The van der Waals surface area contributed by atoms with Gasteiger partial charge in [0.2, 0.25) is 0 Å². The van der Waals surface area contributed by atoms with Gasteiger partial charge in [-0.2, -0.15) is 0 Å². The van der Waals surface area contributed by atoms with Gasteiger partial charge >= 0.3 is 0 Å². The first kappa shape index (κ1) is 11.2. The molecule has 1 heterocycles. The Labute approximate surface area is 93.5 Å². The Morgan fingerprint density at radius 2 is 2.13 bits per heavy atom. The van der Waals surface area contributed by atoms with E-state index in [2.05, 4.69) is 24.0 Å². The quantitative estimate of drug-likeness (QED) is 0.703. The molecule has 0 bridgehead atoms. The lowest BCUT2D eigenvalue weighted by Gasteiger charge is -2.23. The summed E-state index contributed by atoms with van der Waals surface area (Å²) in [7, 11) is 0. The number of hydrogen-bond donors (Lipinski definition) is 1. The SMILES string of the molecule is CC1CCCN(CC2C=CC(N)C2)CC1. The van der Waals surface area contributed by atoms with Gasteiger partial charge in [0.1, 0.15) is 0 Å². The van der Waals surface area contributed by atoms with E-state index >= 15 is 0 Å². The predicted molar refractivity (Wildman–Crippen MR) is 64.7 cm³/mol. The van der Waals surface area contributed by atoms with Crippen molar-refractivity contribution in [3.05, 3.63) is 12.2 Å². The van der Waals surface area contributed by atoms with Crippen molar-refractivity contribution in [2.45, 2.75) is 38.6 Å². The lowest BCUT2D eigenvalue weighted by atomic mass is 10.0. The lowest BCUT2D eigenvalue weighted by Crippen LogP contribution is -2.30. The smallest absolute Gasteiger partial charge is 0.0229 e. The first-order valence-electron chi connectivity index (χ1n) is 6.40. The molecule has 0 radical (unpaired) electrons. The van der Waals surface area contributed by atoms with E-state index < -0.39 is 0 Å². The summed E-state index contributed by atoms with van der Waals surface area (Å²) in [4.78, 5) is 2.64. The van der Waals surface area contributed by atoms with Crippen LogP contribution in [0.3, 0.4) is 0 Å². The minimum Gasteiger partial charge on any atom is -0.324 e. The number of nitrogens with zero attached hydrogens (tertiary/aromatic N) is 1. The molecule has 1 aliphatic carbocycles. The van der Waals surface area contributed by atoms with Gasteiger partial charge in [0.15, 0.2) is 0 Å². The fraction of sp³-hybridized carbons (Fsp3) is 0.846. The molecule has 0 aromatic heterocycles. The molecule has 3 atom stereocenters. The van der Waals surface area contributed by atoms with Crippen molar-refractivity contribution in [1.29, 1.82) is 0 Å². The van der Waals surface area contributed by atoms with Crippen molar-refractivity contribution in [2.24, 2.45) is 17.6 Å². The summed E-state index contributed by atoms with van der Waals surface area (Å²) in [6.07, 6.45) is 9.82. The van der Waals surface area contributed by atoms with Gasteiger partial charge in [0, 0.05) is 12.6 Å². The maximum atomic E-state index is 5.88. The molecule has 2 heteroatoms. The van der Waals surface area contributed by atoms with Gasteiger partial charge in [0.05, 0.1) is 0 Å². The topological polar surface area (TPSA) is 29.3 Å². The highest BCUT2D eigenvalue weighted by Crippen LogP contribution is 2.21. The van der Waals surface area contributed by atoms with Crippen molar-refractivity contribution in [3.8, 4) is 0 Å². The van der Waals surface area contributed by atoms with E-state index in [4.69, 9.17) is 5.73 Å². The Hall–Kier alpha value is -0.340. The van der Waals surface area contributed by atoms with Gasteiger partial charge in [-0.1, -0.05) is 19.1 Å². The van der Waals surface area contributed by atoms with Crippen LogP contribution in [0.2, 0.25) is 0 Å². The molecule has 2 aliphatic rings. The van der Waals surface area contributed by atoms with Crippen LogP contribution in [-0.2, 0) is 0 Å². The van der Waals surface area contributed by atoms with Gasteiger partial charge in [-0.25, -0.2) is 0 Å². The van der Waals surface area contributed by atoms with Crippen LogP contribution in [0.1, 0.15) is 32.6 Å². The highest BCUT2D eigenvalue weighted by atomic mass is 15.1. The first-order chi connectivity index (χ1) is 7.24. The van der Waals surface area contributed by atoms with E-state index in [9.17, 15) is 0 Å². The van der Waals surface area contributed by atoms with E-state index in [-0.39, 0.29) is 0 Å². The van der Waals surface area contributed by atoms with Gasteiger partial charge in [-0.05, 0) is 50.6 Å². The fourth-order valence-electron chi connectivity index (χ4n) is 2.78. The second-order valence-electron chi connectivity index (χ2n) is 5.38. The number of likely N-dealkylation sites (tertiary alicyclic amines) is 1. The zero-order valence-electron chi connectivity index (χ0n) is 9.86. The Morgan fingerprint density at radius 3 is 2.87 bits per heavy atom. The molecule has 2 nitrogen and oxygen atoms in total. The summed E-state index contributed by atoms with van der Waals surface area (Å²) in [5, 5.41) is 0. The van der Waals surface area contributed by atoms with Crippen LogP contribution in [0.4, 0.5) is 0 Å². The van der Waals surface area contributed by atoms with Crippen LogP contribution in [0.25, 0.3) is 0 Å². The van der Waals surface area contributed by atoms with Gasteiger partial charge < -0.3 is 10.6 Å². The van der Waals surface area contributed by atoms with Crippen LogP contribution in [0, 0.1) is 11.8 Å². The molecular weight excluding hydrogens is 184 g/mol. The monoisotopic (exact) mass is 208 g/mol. The molecule has 1 saturated heterocycles. The van der Waals surface area contributed by atoms with Crippen LogP contribution < -0.4 is 5.73 Å². The number of nitrogens with two attached hydrogens (primary N) is 1. The van der Waals surface area contributed by atoms with Crippen molar-refractivity contribution in [3.63, 3.8) is 0 Å². The maximum Gasteiger partial charge on any atom is 0.0229 e. The highest BCUT2D eigenvalue weighted by Gasteiger charge is 2.20. The van der Waals surface area contributed by atoms with E-state index in [0.717, 1.165) is 12.3 Å². The average molecular weight is 208 g/mol. The summed E-state index contributed by atoms with van der Waals surface area (Å²) in [6, 6.07) is 0.320. The van der Waals surface area contributed by atoms with Crippen molar-refractivity contribution >= 4 is 0 Å². The summed E-state index contributed by atoms with van der Waals surface area (Å²) in [5.74, 6) is 1.64. The van der Waals surface area contributed by atoms with Crippen molar-refractivity contribution in [1.82, 2.24) is 4.90 Å². The molecular formula is C13H24N2. The standard InChI is InChI=1S/C13H24N2/c1-11-3-2-7-15(8-6-11)10-12-4-5-13(14)9-12/h4-5,11-13H,2-3,6-10,14H2,1H3. The van der Waals surface area contributed by atoms with Crippen LogP contribution in [-0.4, -0.2) is 30.6 Å². The Kier molecular flexibility index (Phi) is 3.81. The lowest BCUT2D eigenvalue weighted by molar-refractivity contribution is 0.252. The summed E-state index contributed by atoms with van der Waals surface area (Å²) >= 11 is 0. The molecule has 0 spiro atoms. The molecule has 0 aromatic rings. The summed E-state index contributed by atoms with van der Waals surface area (Å²) in [5.41, 5.74) is 5.88. The minimum absolute atomic E-state index is 0.320. The fourth-order valence-corrected chi connectivity index (χ4v) is 2.78. The van der Waals surface area contributed by atoms with E-state index in [0.29, 0.717) is 12.0 Å². The van der Waals surface area contributed by atoms with Gasteiger partial charge in [0.25, 0.3) is 0 Å². The molecule has 0 aromatic carbocycles. The van der Waals surface area contributed by atoms with Crippen LogP contribution in [0.5, 0.6) is 0 Å². The second kappa shape index (κ2) is 5.13. The zero-order chi connectivity index (χ0) is 10.7. The maximum absolute atomic E-state index is 5.88. The van der Waals surface area contributed by atoms with Crippen LogP contribution in [0.15, 0.2) is 12.2 Å². The molecule has 86 valence electrons. The minimum atomic E-state index is 0.320. The van der Waals surface area contributed by atoms with E-state index in [1.54, 1.807) is 0 Å². The summed E-state index contributed by atoms with van der Waals surface area (Å²) < 4.78 is 0. The Balaban J connectivity index is 1.76. The summed E-state index contributed by atoms with van der Waals surface area (Å²) in [6.45, 7) is 6.20. The zero-order valence-corrected chi connectivity index (χ0v) is 9.86. The van der Waals surface area contributed by atoms with Gasteiger partial charge in [-0.3, -0.25) is 0 Å².